The number of H-pyrrole nitrogens is 1. The first kappa shape index (κ1) is 33.4. The molecule has 0 radical (unpaired) electrons. The molecular weight excluding hydrogens is 560 g/mol. The van der Waals surface area contributed by atoms with E-state index in [0.717, 1.165) is 6.42 Å². The summed E-state index contributed by atoms with van der Waals surface area (Å²) in [6, 6.07) is 4.92. The zero-order valence-corrected chi connectivity index (χ0v) is 25.1. The number of hydrogen-bond donors (Lipinski definition) is 5. The van der Waals surface area contributed by atoms with E-state index in [-0.39, 0.29) is 36.8 Å². The van der Waals surface area contributed by atoms with Gasteiger partial charge in [-0.25, -0.2) is 4.79 Å². The molecule has 5 N–H and O–H groups in total. The Labute approximate surface area is 250 Å². The van der Waals surface area contributed by atoms with Gasteiger partial charge in [0.2, 0.25) is 18.1 Å². The number of ether oxygens (including phenoxy) is 3. The number of methoxy groups -OCH3 is 1. The van der Waals surface area contributed by atoms with Gasteiger partial charge in [-0.2, -0.15) is 0 Å². The van der Waals surface area contributed by atoms with E-state index < -0.39 is 54.7 Å². The van der Waals surface area contributed by atoms with Crippen LogP contribution in [0, 0.1) is 11.8 Å². The molecule has 4 atom stereocenters. The van der Waals surface area contributed by atoms with Crippen molar-refractivity contribution in [3.05, 3.63) is 30.0 Å². The fourth-order valence-corrected chi connectivity index (χ4v) is 5.00. The first-order valence-electron chi connectivity index (χ1n) is 14.6. The Bertz CT molecular complexity index is 1290. The van der Waals surface area contributed by atoms with Crippen LogP contribution in [0.1, 0.15) is 69.8 Å². The van der Waals surface area contributed by atoms with E-state index in [0.29, 0.717) is 36.0 Å². The Kier molecular flexibility index (Phi) is 12.4. The molecule has 2 aromatic rings. The standard InChI is InChI=1S/C30H42N4O9/c1-5-6-10-26(43-30(39)40)42-16-24(35)21(14-18-11-12-31-27(18)36)33-28(37)22(13-17(2)3)34-29(38)23-15-19-20(32-23)8-7-9-25(19)41-4/h7-9,15,17-18,21-22,26,32H,5-6,10-14,16H2,1-4H3,(H,31,36)(H,33,37)(H,34,38)(H,39,40)/t18-,21-,22-,26+/m0/s1. The third-order valence-electron chi connectivity index (χ3n) is 7.24. The molecule has 0 aliphatic carbocycles. The number of benzene rings is 1. The predicted molar refractivity (Wildman–Crippen MR) is 157 cm³/mol. The van der Waals surface area contributed by atoms with E-state index in [9.17, 15) is 24.0 Å². The van der Waals surface area contributed by atoms with Crippen LogP contribution in [0.2, 0.25) is 0 Å². The maximum absolute atomic E-state index is 13.6. The van der Waals surface area contributed by atoms with Crippen molar-refractivity contribution in [1.29, 1.82) is 0 Å². The van der Waals surface area contributed by atoms with E-state index >= 15 is 0 Å². The number of aromatic nitrogens is 1. The van der Waals surface area contributed by atoms with Crippen molar-refractivity contribution in [1.82, 2.24) is 20.9 Å². The van der Waals surface area contributed by atoms with Crippen LogP contribution in [-0.4, -0.2) is 78.4 Å². The van der Waals surface area contributed by atoms with Crippen molar-refractivity contribution in [2.45, 2.75) is 77.7 Å². The summed E-state index contributed by atoms with van der Waals surface area (Å²) >= 11 is 0. The van der Waals surface area contributed by atoms with Crippen LogP contribution in [0.4, 0.5) is 4.79 Å². The molecule has 0 spiro atoms. The van der Waals surface area contributed by atoms with Crippen LogP contribution in [0.3, 0.4) is 0 Å². The third kappa shape index (κ3) is 9.70. The number of rotatable bonds is 17. The SMILES string of the molecule is CCCC[C@H](OCC(=O)[C@H](C[C@@H]1CCNC1=O)NC(=O)[C@H](CC(C)C)NC(=O)c1cc2c(OC)cccc2[nH]1)OC(=O)O. The largest absolute Gasteiger partial charge is 0.508 e. The summed E-state index contributed by atoms with van der Waals surface area (Å²) in [4.78, 5) is 66.5. The summed E-state index contributed by atoms with van der Waals surface area (Å²) in [5, 5.41) is 18.0. The predicted octanol–water partition coefficient (Wildman–Crippen LogP) is 3.13. The lowest BCUT2D eigenvalue weighted by Gasteiger charge is -2.25. The molecule has 13 heteroatoms. The minimum atomic E-state index is -1.53. The van der Waals surface area contributed by atoms with E-state index in [2.05, 4.69) is 20.9 Å². The minimum Gasteiger partial charge on any atom is -0.496 e. The Morgan fingerprint density at radius 2 is 1.91 bits per heavy atom. The minimum absolute atomic E-state index is 0.0180. The van der Waals surface area contributed by atoms with Gasteiger partial charge in [0.05, 0.1) is 13.2 Å². The molecule has 236 valence electrons. The van der Waals surface area contributed by atoms with Crippen LogP contribution in [0.15, 0.2) is 24.3 Å². The number of aromatic amines is 1. The average Bonchev–Trinajstić information content (AvgIpc) is 3.58. The first-order chi connectivity index (χ1) is 20.5. The number of amides is 3. The number of unbranched alkanes of at least 4 members (excludes halogenated alkanes) is 1. The second-order valence-corrected chi connectivity index (χ2v) is 11.1. The fraction of sp³-hybridized carbons (Fsp3) is 0.567. The molecule has 43 heavy (non-hydrogen) atoms. The van der Waals surface area contributed by atoms with Crippen LogP contribution < -0.4 is 20.7 Å². The van der Waals surface area contributed by atoms with Crippen molar-refractivity contribution in [2.24, 2.45) is 11.8 Å². The molecule has 2 heterocycles. The normalized spacial score (nSPS) is 16.8. The fourth-order valence-electron chi connectivity index (χ4n) is 5.00. The van der Waals surface area contributed by atoms with Gasteiger partial charge in [0.15, 0.2) is 5.78 Å². The molecule has 1 aromatic heterocycles. The molecule has 1 aromatic carbocycles. The highest BCUT2D eigenvalue weighted by Crippen LogP contribution is 2.26. The van der Waals surface area contributed by atoms with Crippen LogP contribution in [0.25, 0.3) is 10.9 Å². The van der Waals surface area contributed by atoms with Crippen LogP contribution >= 0.6 is 0 Å². The van der Waals surface area contributed by atoms with Gasteiger partial charge in [0.1, 0.15) is 24.1 Å². The number of fused-ring (bicyclic) bond motifs is 1. The zero-order valence-electron chi connectivity index (χ0n) is 25.1. The Balaban J connectivity index is 1.76. The molecule has 1 aliphatic heterocycles. The second-order valence-electron chi connectivity index (χ2n) is 11.1. The summed E-state index contributed by atoms with van der Waals surface area (Å²) in [6.07, 6.45) is -0.207. The lowest BCUT2D eigenvalue weighted by molar-refractivity contribution is -0.148. The van der Waals surface area contributed by atoms with Gasteiger partial charge in [0, 0.05) is 29.8 Å². The topological polar surface area (TPSA) is 185 Å². The molecule has 0 bridgehead atoms. The van der Waals surface area contributed by atoms with E-state index in [4.69, 9.17) is 19.3 Å². The molecule has 1 fully saturated rings. The van der Waals surface area contributed by atoms with Crippen molar-refractivity contribution in [3.8, 4) is 5.75 Å². The number of carboxylic acid groups (broad SMARTS) is 1. The summed E-state index contributed by atoms with van der Waals surface area (Å²) in [5.74, 6) is -1.74. The average molecular weight is 603 g/mol. The van der Waals surface area contributed by atoms with E-state index in [1.165, 1.54) is 7.11 Å². The maximum Gasteiger partial charge on any atom is 0.508 e. The molecular formula is C30H42N4O9. The van der Waals surface area contributed by atoms with E-state index in [1.807, 2.05) is 20.8 Å². The molecule has 1 saturated heterocycles. The van der Waals surface area contributed by atoms with Gasteiger partial charge < -0.3 is 40.3 Å². The van der Waals surface area contributed by atoms with Crippen molar-refractivity contribution < 1.29 is 43.3 Å². The highest BCUT2D eigenvalue weighted by molar-refractivity contribution is 6.02. The molecule has 3 amide bonds. The number of carbonyl (C=O) groups excluding carboxylic acids is 4. The Morgan fingerprint density at radius 3 is 2.53 bits per heavy atom. The van der Waals surface area contributed by atoms with Gasteiger partial charge in [-0.05, 0) is 49.8 Å². The molecule has 1 aliphatic rings. The highest BCUT2D eigenvalue weighted by Gasteiger charge is 2.34. The zero-order chi connectivity index (χ0) is 31.5. The van der Waals surface area contributed by atoms with Gasteiger partial charge in [-0.1, -0.05) is 33.3 Å². The summed E-state index contributed by atoms with van der Waals surface area (Å²) < 4.78 is 15.6. The summed E-state index contributed by atoms with van der Waals surface area (Å²) in [6.45, 7) is 5.65. The highest BCUT2D eigenvalue weighted by atomic mass is 16.8. The number of carbonyl (C=O) groups is 5. The van der Waals surface area contributed by atoms with Crippen molar-refractivity contribution >= 4 is 40.6 Å². The Morgan fingerprint density at radius 1 is 1.14 bits per heavy atom. The molecule has 13 nitrogen and oxygen atoms in total. The lowest BCUT2D eigenvalue weighted by Crippen LogP contribution is -2.53. The molecule has 3 rings (SSSR count). The summed E-state index contributed by atoms with van der Waals surface area (Å²) in [5.41, 5.74) is 0.931. The first-order valence-corrected chi connectivity index (χ1v) is 14.6. The van der Waals surface area contributed by atoms with Gasteiger partial charge >= 0.3 is 6.16 Å². The van der Waals surface area contributed by atoms with Crippen molar-refractivity contribution in [3.63, 3.8) is 0 Å². The number of hydrogen-bond acceptors (Lipinski definition) is 8. The maximum atomic E-state index is 13.6. The van der Waals surface area contributed by atoms with Gasteiger partial charge in [-0.3, -0.25) is 19.2 Å². The molecule has 0 saturated carbocycles. The van der Waals surface area contributed by atoms with Gasteiger partial charge in [0.25, 0.3) is 5.91 Å². The number of Topliss-reactive ketones (excluding diaryl/α,β-unsaturated/α-hetero) is 1. The van der Waals surface area contributed by atoms with Crippen molar-refractivity contribution in [2.75, 3.05) is 20.3 Å². The monoisotopic (exact) mass is 602 g/mol. The third-order valence-corrected chi connectivity index (χ3v) is 7.24. The summed E-state index contributed by atoms with van der Waals surface area (Å²) in [7, 11) is 1.53. The number of ketones is 1. The number of nitrogens with one attached hydrogen (secondary N) is 4. The van der Waals surface area contributed by atoms with E-state index in [1.54, 1.807) is 24.3 Å². The quantitative estimate of drug-likeness (QED) is 0.134. The van der Waals surface area contributed by atoms with Crippen LogP contribution in [-0.2, 0) is 23.9 Å². The Hall–Kier alpha value is -4.13. The molecule has 0 unspecified atom stereocenters. The smallest absolute Gasteiger partial charge is 0.496 e. The lowest BCUT2D eigenvalue weighted by atomic mass is 9.95. The van der Waals surface area contributed by atoms with Gasteiger partial charge in [-0.15, -0.1) is 0 Å². The van der Waals surface area contributed by atoms with Crippen LogP contribution in [0.5, 0.6) is 5.75 Å². The second kappa shape index (κ2) is 15.9.